The van der Waals surface area contributed by atoms with Crippen molar-refractivity contribution in [2.45, 2.75) is 46.0 Å². The Morgan fingerprint density at radius 3 is 3.00 bits per heavy atom. The number of aryl methyl sites for hydroxylation is 1. The molecule has 1 fully saturated rings. The summed E-state index contributed by atoms with van der Waals surface area (Å²) >= 11 is 0. The lowest BCUT2D eigenvalue weighted by Gasteiger charge is -2.19. The van der Waals surface area contributed by atoms with Crippen molar-refractivity contribution < 1.29 is 9.32 Å². The molecule has 1 aliphatic rings. The molecule has 0 bridgehead atoms. The number of amides is 1. The van der Waals surface area contributed by atoms with Gasteiger partial charge in [-0.3, -0.25) is 4.79 Å². The minimum Gasteiger partial charge on any atom is -0.361 e. The molecule has 100 valence electrons. The second-order valence-corrected chi connectivity index (χ2v) is 5.20. The number of hydrogen-bond donors (Lipinski definition) is 0. The van der Waals surface area contributed by atoms with E-state index in [0.717, 1.165) is 37.5 Å². The highest BCUT2D eigenvalue weighted by Crippen LogP contribution is 2.20. The zero-order valence-electron chi connectivity index (χ0n) is 11.3. The van der Waals surface area contributed by atoms with Crippen molar-refractivity contribution in [3.05, 3.63) is 17.5 Å². The fourth-order valence-corrected chi connectivity index (χ4v) is 2.58. The van der Waals surface area contributed by atoms with Crippen molar-refractivity contribution in [2.75, 3.05) is 13.1 Å². The molecule has 0 N–H and O–H groups in total. The average molecular weight is 250 g/mol. The standard InChI is InChI=1S/C14H22N2O2/c1-3-12-5-4-7-16(8-6-12)14(17)10-13-9-11(2)15-18-13/h9,12H,3-8,10H2,1-2H3. The van der Waals surface area contributed by atoms with E-state index >= 15 is 0 Å². The van der Waals surface area contributed by atoms with Gasteiger partial charge in [-0.1, -0.05) is 18.5 Å². The molecule has 18 heavy (non-hydrogen) atoms. The molecule has 4 nitrogen and oxygen atoms in total. The molecule has 0 aromatic carbocycles. The molecular weight excluding hydrogens is 228 g/mol. The van der Waals surface area contributed by atoms with Crippen LogP contribution in [0.1, 0.15) is 44.1 Å². The van der Waals surface area contributed by atoms with Crippen molar-refractivity contribution in [1.29, 1.82) is 0 Å². The molecule has 0 radical (unpaired) electrons. The van der Waals surface area contributed by atoms with Crippen LogP contribution in [-0.2, 0) is 11.2 Å². The van der Waals surface area contributed by atoms with Crippen LogP contribution < -0.4 is 0 Å². The van der Waals surface area contributed by atoms with Gasteiger partial charge in [-0.2, -0.15) is 0 Å². The number of aromatic nitrogens is 1. The van der Waals surface area contributed by atoms with E-state index in [1.165, 1.54) is 12.8 Å². The van der Waals surface area contributed by atoms with Gasteiger partial charge in [0.05, 0.1) is 12.1 Å². The van der Waals surface area contributed by atoms with Gasteiger partial charge in [0.25, 0.3) is 0 Å². The maximum absolute atomic E-state index is 12.2. The van der Waals surface area contributed by atoms with Gasteiger partial charge in [0.15, 0.2) is 0 Å². The lowest BCUT2D eigenvalue weighted by atomic mass is 9.98. The highest BCUT2D eigenvalue weighted by molar-refractivity contribution is 5.78. The molecule has 1 aromatic heterocycles. The Balaban J connectivity index is 1.89. The van der Waals surface area contributed by atoms with Crippen LogP contribution in [0.5, 0.6) is 0 Å². The van der Waals surface area contributed by atoms with Gasteiger partial charge in [-0.15, -0.1) is 0 Å². The third-order valence-electron chi connectivity index (χ3n) is 3.78. The van der Waals surface area contributed by atoms with Crippen molar-refractivity contribution in [2.24, 2.45) is 5.92 Å². The topological polar surface area (TPSA) is 46.3 Å². The first-order chi connectivity index (χ1) is 8.69. The number of carbonyl (C=O) groups is 1. The van der Waals surface area contributed by atoms with Crippen LogP contribution >= 0.6 is 0 Å². The molecule has 1 unspecified atom stereocenters. The first kappa shape index (κ1) is 13.1. The highest BCUT2D eigenvalue weighted by atomic mass is 16.5. The van der Waals surface area contributed by atoms with E-state index in [1.807, 2.05) is 17.9 Å². The first-order valence-corrected chi connectivity index (χ1v) is 6.89. The van der Waals surface area contributed by atoms with E-state index in [9.17, 15) is 4.79 Å². The summed E-state index contributed by atoms with van der Waals surface area (Å²) in [5.41, 5.74) is 0.833. The van der Waals surface area contributed by atoms with E-state index in [0.29, 0.717) is 12.2 Å². The summed E-state index contributed by atoms with van der Waals surface area (Å²) in [6.45, 7) is 5.89. The second kappa shape index (κ2) is 6.03. The number of rotatable bonds is 3. The molecule has 1 aromatic rings. The van der Waals surface area contributed by atoms with Crippen LogP contribution in [0.2, 0.25) is 0 Å². The van der Waals surface area contributed by atoms with Crippen LogP contribution in [0, 0.1) is 12.8 Å². The molecule has 1 amide bonds. The van der Waals surface area contributed by atoms with Gasteiger partial charge in [0.2, 0.25) is 5.91 Å². The molecule has 0 saturated carbocycles. The quantitative estimate of drug-likeness (QED) is 0.828. The van der Waals surface area contributed by atoms with Gasteiger partial charge in [0.1, 0.15) is 5.76 Å². The third-order valence-corrected chi connectivity index (χ3v) is 3.78. The summed E-state index contributed by atoms with van der Waals surface area (Å²) in [5, 5.41) is 3.81. The third kappa shape index (κ3) is 3.34. The van der Waals surface area contributed by atoms with Gasteiger partial charge in [-0.25, -0.2) is 0 Å². The summed E-state index contributed by atoms with van der Waals surface area (Å²) in [7, 11) is 0. The van der Waals surface area contributed by atoms with Gasteiger partial charge in [-0.05, 0) is 32.1 Å². The minimum atomic E-state index is 0.169. The Morgan fingerprint density at radius 2 is 2.33 bits per heavy atom. The van der Waals surface area contributed by atoms with Gasteiger partial charge < -0.3 is 9.42 Å². The lowest BCUT2D eigenvalue weighted by molar-refractivity contribution is -0.130. The van der Waals surface area contributed by atoms with Crippen LogP contribution in [0.4, 0.5) is 0 Å². The Morgan fingerprint density at radius 1 is 1.50 bits per heavy atom. The summed E-state index contributed by atoms with van der Waals surface area (Å²) in [6, 6.07) is 1.84. The summed E-state index contributed by atoms with van der Waals surface area (Å²) in [5.74, 6) is 1.63. The molecule has 2 rings (SSSR count). The average Bonchev–Trinajstić information content (AvgIpc) is 2.65. The van der Waals surface area contributed by atoms with Gasteiger partial charge in [0, 0.05) is 19.2 Å². The van der Waals surface area contributed by atoms with Crippen molar-refractivity contribution >= 4 is 5.91 Å². The Labute approximate surface area is 108 Å². The van der Waals surface area contributed by atoms with Crippen LogP contribution in [-0.4, -0.2) is 29.1 Å². The minimum absolute atomic E-state index is 0.169. The largest absolute Gasteiger partial charge is 0.361 e. The van der Waals surface area contributed by atoms with Crippen LogP contribution in [0.3, 0.4) is 0 Å². The van der Waals surface area contributed by atoms with E-state index in [-0.39, 0.29) is 5.91 Å². The van der Waals surface area contributed by atoms with E-state index < -0.39 is 0 Å². The monoisotopic (exact) mass is 250 g/mol. The van der Waals surface area contributed by atoms with Gasteiger partial charge >= 0.3 is 0 Å². The predicted octanol–water partition coefficient (Wildman–Crippen LogP) is 2.56. The number of likely N-dealkylation sites (tertiary alicyclic amines) is 1. The fourth-order valence-electron chi connectivity index (χ4n) is 2.58. The first-order valence-electron chi connectivity index (χ1n) is 6.89. The molecule has 1 aliphatic heterocycles. The van der Waals surface area contributed by atoms with Crippen molar-refractivity contribution in [1.82, 2.24) is 10.1 Å². The summed E-state index contributed by atoms with van der Waals surface area (Å²) in [6.07, 6.45) is 5.08. The molecule has 0 spiro atoms. The zero-order valence-corrected chi connectivity index (χ0v) is 11.3. The van der Waals surface area contributed by atoms with Crippen molar-refractivity contribution in [3.8, 4) is 0 Å². The Kier molecular flexibility index (Phi) is 4.39. The van der Waals surface area contributed by atoms with E-state index in [4.69, 9.17) is 4.52 Å². The van der Waals surface area contributed by atoms with Crippen LogP contribution in [0.25, 0.3) is 0 Å². The molecule has 0 aliphatic carbocycles. The molecule has 4 heteroatoms. The number of hydrogen-bond acceptors (Lipinski definition) is 3. The zero-order chi connectivity index (χ0) is 13.0. The molecule has 1 saturated heterocycles. The molecular formula is C14H22N2O2. The second-order valence-electron chi connectivity index (χ2n) is 5.20. The highest BCUT2D eigenvalue weighted by Gasteiger charge is 2.20. The maximum atomic E-state index is 12.2. The Hall–Kier alpha value is -1.32. The Bertz CT molecular complexity index is 400. The van der Waals surface area contributed by atoms with E-state index in [2.05, 4.69) is 12.1 Å². The summed E-state index contributed by atoms with van der Waals surface area (Å²) < 4.78 is 5.10. The van der Waals surface area contributed by atoms with Crippen LogP contribution in [0.15, 0.2) is 10.6 Å². The smallest absolute Gasteiger partial charge is 0.230 e. The fraction of sp³-hybridized carbons (Fsp3) is 0.714. The SMILES string of the molecule is CCC1CCCN(C(=O)Cc2cc(C)no2)CC1. The maximum Gasteiger partial charge on any atom is 0.230 e. The number of carbonyl (C=O) groups excluding carboxylic acids is 1. The molecule has 1 atom stereocenters. The lowest BCUT2D eigenvalue weighted by Crippen LogP contribution is -2.33. The van der Waals surface area contributed by atoms with Crippen molar-refractivity contribution in [3.63, 3.8) is 0 Å². The molecule has 2 heterocycles. The summed E-state index contributed by atoms with van der Waals surface area (Å²) in [4.78, 5) is 14.1. The number of nitrogens with zero attached hydrogens (tertiary/aromatic N) is 2. The normalized spacial score (nSPS) is 20.8. The predicted molar refractivity (Wildman–Crippen MR) is 69.2 cm³/mol. The van der Waals surface area contributed by atoms with E-state index in [1.54, 1.807) is 0 Å².